The molecule has 3 rings (SSSR count). The zero-order chi connectivity index (χ0) is 18.9. The van der Waals surface area contributed by atoms with Crippen LogP contribution in [0.15, 0.2) is 36.4 Å². The highest BCUT2D eigenvalue weighted by atomic mass is 35.5. The lowest BCUT2D eigenvalue weighted by Crippen LogP contribution is -2.45. The van der Waals surface area contributed by atoms with Crippen molar-refractivity contribution in [2.45, 2.75) is 12.2 Å². The number of halogens is 6. The van der Waals surface area contributed by atoms with Gasteiger partial charge in [0, 0.05) is 42.8 Å². The van der Waals surface area contributed by atoms with Gasteiger partial charge in [0.25, 0.3) is 0 Å². The number of alkyl halides is 3. The first-order chi connectivity index (χ1) is 12.3. The molecule has 0 spiro atoms. The van der Waals surface area contributed by atoms with Gasteiger partial charge in [-0.2, -0.15) is 13.2 Å². The van der Waals surface area contributed by atoms with E-state index in [1.54, 1.807) is 0 Å². The number of hydrogen-bond acceptors (Lipinski definition) is 2. The van der Waals surface area contributed by atoms with Crippen molar-refractivity contribution in [3.05, 3.63) is 69.7 Å². The van der Waals surface area contributed by atoms with E-state index in [-0.39, 0.29) is 16.1 Å². The van der Waals surface area contributed by atoms with E-state index in [9.17, 15) is 22.0 Å². The second kappa shape index (κ2) is 7.50. The van der Waals surface area contributed by atoms with Crippen molar-refractivity contribution in [1.82, 2.24) is 10.2 Å². The van der Waals surface area contributed by atoms with Crippen LogP contribution in [0.2, 0.25) is 5.02 Å². The second-order valence-electron chi connectivity index (χ2n) is 6.09. The monoisotopic (exact) mass is 390 g/mol. The maximum atomic E-state index is 14.5. The highest BCUT2D eigenvalue weighted by molar-refractivity contribution is 6.31. The fraction of sp³-hybridized carbons (Fsp3) is 0.333. The van der Waals surface area contributed by atoms with Gasteiger partial charge in [-0.25, -0.2) is 8.78 Å². The van der Waals surface area contributed by atoms with Crippen molar-refractivity contribution in [1.29, 1.82) is 0 Å². The highest BCUT2D eigenvalue weighted by Crippen LogP contribution is 2.39. The molecule has 1 saturated heterocycles. The van der Waals surface area contributed by atoms with Gasteiger partial charge in [0.2, 0.25) is 0 Å². The summed E-state index contributed by atoms with van der Waals surface area (Å²) in [6.45, 7) is 2.20. The molecule has 0 saturated carbocycles. The average molecular weight is 391 g/mol. The van der Waals surface area contributed by atoms with E-state index in [4.69, 9.17) is 11.6 Å². The summed E-state index contributed by atoms with van der Waals surface area (Å²) in [4.78, 5) is 1.84. The molecular formula is C18H16ClF5N2. The van der Waals surface area contributed by atoms with E-state index in [1.165, 1.54) is 6.07 Å². The van der Waals surface area contributed by atoms with Gasteiger partial charge >= 0.3 is 6.18 Å². The van der Waals surface area contributed by atoms with Crippen LogP contribution in [0.5, 0.6) is 0 Å². The Bertz CT molecular complexity index is 788. The number of hydrogen-bond donors (Lipinski definition) is 1. The van der Waals surface area contributed by atoms with Crippen molar-refractivity contribution in [2.75, 3.05) is 26.2 Å². The Hall–Kier alpha value is -1.70. The van der Waals surface area contributed by atoms with Crippen LogP contribution in [0.3, 0.4) is 0 Å². The van der Waals surface area contributed by atoms with Gasteiger partial charge in [0.05, 0.1) is 11.6 Å². The molecule has 1 aliphatic heterocycles. The minimum atomic E-state index is -4.55. The standard InChI is InChI=1S/C18H16ClF5N2/c19-15-4-1-11(18(22,23)24)9-14(15)17(26-7-5-25-6-8-26)13-3-2-12(20)10-16(13)21/h1-4,9-10,17,25H,5-8H2. The lowest BCUT2D eigenvalue weighted by molar-refractivity contribution is -0.137. The Labute approximate surface area is 152 Å². The van der Waals surface area contributed by atoms with Crippen LogP contribution in [0, 0.1) is 11.6 Å². The van der Waals surface area contributed by atoms with E-state index in [2.05, 4.69) is 5.32 Å². The Morgan fingerprint density at radius 3 is 2.27 bits per heavy atom. The molecule has 2 nitrogen and oxygen atoms in total. The molecule has 1 fully saturated rings. The van der Waals surface area contributed by atoms with Gasteiger partial charge < -0.3 is 5.32 Å². The van der Waals surface area contributed by atoms with Gasteiger partial charge in [-0.1, -0.05) is 17.7 Å². The predicted octanol–water partition coefficient (Wildman–Crippen LogP) is 4.63. The lowest BCUT2D eigenvalue weighted by Gasteiger charge is -2.36. The van der Waals surface area contributed by atoms with Crippen molar-refractivity contribution in [3.8, 4) is 0 Å². The van der Waals surface area contributed by atoms with E-state index in [0.29, 0.717) is 26.2 Å². The minimum absolute atomic E-state index is 0.0922. The molecule has 0 amide bonds. The molecule has 2 aromatic carbocycles. The molecule has 1 heterocycles. The minimum Gasteiger partial charge on any atom is -0.314 e. The molecule has 0 bridgehead atoms. The van der Waals surface area contributed by atoms with Crippen molar-refractivity contribution >= 4 is 11.6 Å². The third kappa shape index (κ3) is 4.00. The number of benzene rings is 2. The van der Waals surface area contributed by atoms with Gasteiger partial charge in [0.1, 0.15) is 11.6 Å². The average Bonchev–Trinajstić information content (AvgIpc) is 2.58. The summed E-state index contributed by atoms with van der Waals surface area (Å²) in [5.41, 5.74) is -0.622. The molecule has 2 aromatic rings. The molecular weight excluding hydrogens is 375 g/mol. The Morgan fingerprint density at radius 1 is 0.962 bits per heavy atom. The van der Waals surface area contributed by atoms with Crippen LogP contribution < -0.4 is 5.32 Å². The Morgan fingerprint density at radius 2 is 1.65 bits per heavy atom. The van der Waals surface area contributed by atoms with Gasteiger partial charge in [-0.15, -0.1) is 0 Å². The Balaban J connectivity index is 2.14. The fourth-order valence-corrected chi connectivity index (χ4v) is 3.38. The second-order valence-corrected chi connectivity index (χ2v) is 6.50. The molecule has 1 atom stereocenters. The van der Waals surface area contributed by atoms with E-state index in [0.717, 1.165) is 30.3 Å². The topological polar surface area (TPSA) is 15.3 Å². The van der Waals surface area contributed by atoms with E-state index in [1.807, 2.05) is 4.90 Å². The molecule has 1 N–H and O–H groups in total. The summed E-state index contributed by atoms with van der Waals surface area (Å²) in [7, 11) is 0. The number of nitrogens with zero attached hydrogens (tertiary/aromatic N) is 1. The molecule has 1 unspecified atom stereocenters. The van der Waals surface area contributed by atoms with Crippen LogP contribution in [0.1, 0.15) is 22.7 Å². The SMILES string of the molecule is Fc1ccc(C(c2cc(C(F)(F)F)ccc2Cl)N2CCNCC2)c(F)c1. The summed E-state index contributed by atoms with van der Waals surface area (Å²) in [5, 5.41) is 3.24. The van der Waals surface area contributed by atoms with Crippen molar-refractivity contribution < 1.29 is 22.0 Å². The predicted molar refractivity (Wildman–Crippen MR) is 89.1 cm³/mol. The first-order valence-corrected chi connectivity index (χ1v) is 8.41. The summed E-state index contributed by atoms with van der Waals surface area (Å²) in [6, 6.07) is 5.23. The van der Waals surface area contributed by atoms with Crippen LogP contribution in [-0.2, 0) is 6.18 Å². The quantitative estimate of drug-likeness (QED) is 0.769. The van der Waals surface area contributed by atoms with Crippen molar-refractivity contribution in [2.24, 2.45) is 0 Å². The Kier molecular flexibility index (Phi) is 5.50. The summed E-state index contributed by atoms with van der Waals surface area (Å²) >= 11 is 6.19. The first kappa shape index (κ1) is 19.1. The molecule has 0 aliphatic carbocycles. The molecule has 8 heteroatoms. The summed E-state index contributed by atoms with van der Waals surface area (Å²) < 4.78 is 67.2. The molecule has 140 valence electrons. The van der Waals surface area contributed by atoms with Gasteiger partial charge in [0.15, 0.2) is 0 Å². The zero-order valence-corrected chi connectivity index (χ0v) is 14.3. The van der Waals surface area contributed by atoms with Crippen LogP contribution in [0.4, 0.5) is 22.0 Å². The van der Waals surface area contributed by atoms with E-state index < -0.39 is 29.4 Å². The maximum absolute atomic E-state index is 14.5. The third-order valence-corrected chi connectivity index (χ3v) is 4.74. The smallest absolute Gasteiger partial charge is 0.314 e. The summed E-state index contributed by atoms with van der Waals surface area (Å²) in [5.74, 6) is -1.57. The van der Waals surface area contributed by atoms with Gasteiger partial charge in [-0.3, -0.25) is 4.90 Å². The van der Waals surface area contributed by atoms with Crippen LogP contribution in [0.25, 0.3) is 0 Å². The van der Waals surface area contributed by atoms with E-state index >= 15 is 0 Å². The van der Waals surface area contributed by atoms with Crippen molar-refractivity contribution in [3.63, 3.8) is 0 Å². The normalized spacial score (nSPS) is 17.3. The highest BCUT2D eigenvalue weighted by Gasteiger charge is 2.34. The molecule has 26 heavy (non-hydrogen) atoms. The fourth-order valence-electron chi connectivity index (χ4n) is 3.15. The van der Waals surface area contributed by atoms with Crippen LogP contribution >= 0.6 is 11.6 Å². The maximum Gasteiger partial charge on any atom is 0.416 e. The first-order valence-electron chi connectivity index (χ1n) is 8.04. The number of piperazine rings is 1. The molecule has 1 aliphatic rings. The van der Waals surface area contributed by atoms with Crippen LogP contribution in [-0.4, -0.2) is 31.1 Å². The van der Waals surface area contributed by atoms with Gasteiger partial charge in [-0.05, 0) is 29.8 Å². The number of rotatable bonds is 3. The zero-order valence-electron chi connectivity index (χ0n) is 13.6. The third-order valence-electron chi connectivity index (χ3n) is 4.39. The number of nitrogens with one attached hydrogen (secondary N) is 1. The summed E-state index contributed by atoms with van der Waals surface area (Å²) in [6.07, 6.45) is -4.55. The molecule has 0 aromatic heterocycles. The largest absolute Gasteiger partial charge is 0.416 e. The molecule has 0 radical (unpaired) electrons. The lowest BCUT2D eigenvalue weighted by atomic mass is 9.94.